The molecule has 0 bridgehead atoms. The molecule has 3 rings (SSSR count). The molecule has 0 saturated carbocycles. The predicted molar refractivity (Wildman–Crippen MR) is 102 cm³/mol. The van der Waals surface area contributed by atoms with Crippen LogP contribution in [0.4, 0.5) is 26.3 Å². The van der Waals surface area contributed by atoms with E-state index >= 15 is 0 Å². The van der Waals surface area contributed by atoms with Crippen molar-refractivity contribution in [2.75, 3.05) is 13.1 Å². The summed E-state index contributed by atoms with van der Waals surface area (Å²) in [6, 6.07) is 7.90. The van der Waals surface area contributed by atoms with Crippen LogP contribution >= 0.6 is 0 Å². The van der Waals surface area contributed by atoms with E-state index in [1.54, 1.807) is 0 Å². The molecule has 12 heteroatoms. The first-order chi connectivity index (χ1) is 14.9. The second-order valence-electron chi connectivity index (χ2n) is 6.95. The van der Waals surface area contributed by atoms with Gasteiger partial charge in [0.25, 0.3) is 0 Å². The molecule has 1 aliphatic heterocycles. The normalized spacial score (nSPS) is 16.0. The minimum Gasteiger partial charge on any atom is -0.272 e. The summed E-state index contributed by atoms with van der Waals surface area (Å²) in [5, 5.41) is 0. The van der Waals surface area contributed by atoms with Crippen molar-refractivity contribution in [3.63, 3.8) is 0 Å². The number of hydrogen-bond acceptors (Lipinski definition) is 4. The van der Waals surface area contributed by atoms with Crippen LogP contribution in [0.5, 0.6) is 0 Å². The molecule has 2 aromatic carbocycles. The van der Waals surface area contributed by atoms with Crippen molar-refractivity contribution in [1.82, 2.24) is 9.79 Å². The third-order valence-electron chi connectivity index (χ3n) is 4.69. The van der Waals surface area contributed by atoms with Crippen molar-refractivity contribution in [3.05, 3.63) is 77.0 Å². The van der Waals surface area contributed by atoms with Crippen molar-refractivity contribution < 1.29 is 39.6 Å². The molecule has 2 aromatic rings. The molecule has 0 unspecified atom stereocenters. The second kappa shape index (κ2) is 9.12. The van der Waals surface area contributed by atoms with Gasteiger partial charge >= 0.3 is 12.4 Å². The zero-order valence-electron chi connectivity index (χ0n) is 16.4. The molecule has 0 radical (unpaired) electrons. The van der Waals surface area contributed by atoms with E-state index in [0.29, 0.717) is 23.4 Å². The number of nitrogens with one attached hydrogen (secondary N) is 1. The number of rotatable bonds is 6. The Morgan fingerprint density at radius 2 is 1.59 bits per heavy atom. The first kappa shape index (κ1) is 24.1. The molecule has 0 aliphatic carbocycles. The largest absolute Gasteiger partial charge is 0.416 e. The van der Waals surface area contributed by atoms with E-state index < -0.39 is 33.5 Å². The Balaban J connectivity index is 1.56. The minimum atomic E-state index is -4.56. The summed E-state index contributed by atoms with van der Waals surface area (Å²) in [5.41, 5.74) is 1.70. The fraction of sp³-hybridized carbons (Fsp3) is 0.300. The number of benzene rings is 2. The predicted octanol–water partition coefficient (Wildman–Crippen LogP) is 4.72. The maximum absolute atomic E-state index is 12.7. The van der Waals surface area contributed by atoms with Crippen LogP contribution < -0.4 is 5.48 Å². The Labute approximate surface area is 180 Å². The number of hydroxylamine groups is 1. The Bertz CT molecular complexity index is 1080. The molecule has 0 fully saturated rings. The average Bonchev–Trinajstić information content (AvgIpc) is 2.73. The van der Waals surface area contributed by atoms with Gasteiger partial charge in [0.2, 0.25) is 10.0 Å². The number of sulfonamides is 1. The van der Waals surface area contributed by atoms with Crippen molar-refractivity contribution in [2.24, 2.45) is 0 Å². The van der Waals surface area contributed by atoms with Crippen molar-refractivity contribution >= 4 is 10.0 Å². The lowest BCUT2D eigenvalue weighted by atomic mass is 10.1. The van der Waals surface area contributed by atoms with E-state index in [0.717, 1.165) is 28.6 Å². The number of hydrogen-bond donors (Lipinski definition) is 1. The molecule has 0 saturated heterocycles. The van der Waals surface area contributed by atoms with Gasteiger partial charge < -0.3 is 0 Å². The lowest BCUT2D eigenvalue weighted by Crippen LogP contribution is -2.36. The first-order valence-electron chi connectivity index (χ1n) is 9.28. The van der Waals surface area contributed by atoms with Gasteiger partial charge in [-0.05, 0) is 48.0 Å². The standard InChI is InChI=1S/C20H18F6N2O3S/c21-19(22,23)15-4-6-18(7-5-15)32(29,30)28-10-8-17(9-11-28)27-31-13-14-2-1-3-16(12-14)20(24,25)26/h1-8,12,27H,9-11,13H2. The fourth-order valence-corrected chi connectivity index (χ4v) is 4.36. The van der Waals surface area contributed by atoms with Gasteiger partial charge in [0, 0.05) is 25.2 Å². The molecular weight excluding hydrogens is 462 g/mol. The maximum atomic E-state index is 12.7. The molecular formula is C20H18F6N2O3S. The summed E-state index contributed by atoms with van der Waals surface area (Å²) in [7, 11) is -3.98. The summed E-state index contributed by atoms with van der Waals surface area (Å²) in [6.07, 6.45) is -7.28. The van der Waals surface area contributed by atoms with Crippen molar-refractivity contribution in [1.29, 1.82) is 0 Å². The summed E-state index contributed by atoms with van der Waals surface area (Å²) < 4.78 is 103. The molecule has 0 aromatic heterocycles. The lowest BCUT2D eigenvalue weighted by Gasteiger charge is -2.26. The summed E-state index contributed by atoms with van der Waals surface area (Å²) in [4.78, 5) is 4.96. The monoisotopic (exact) mass is 480 g/mol. The number of alkyl halides is 6. The molecule has 5 nitrogen and oxygen atoms in total. The second-order valence-corrected chi connectivity index (χ2v) is 8.89. The maximum Gasteiger partial charge on any atom is 0.416 e. The van der Waals surface area contributed by atoms with E-state index in [2.05, 4.69) is 5.48 Å². The third kappa shape index (κ3) is 5.81. The highest BCUT2D eigenvalue weighted by Crippen LogP contribution is 2.31. The SMILES string of the molecule is O=S(=O)(c1ccc(C(F)(F)F)cc1)N1CC=C(NOCc2cccc(C(F)(F)F)c2)CC1. The van der Waals surface area contributed by atoms with Gasteiger partial charge in [-0.2, -0.15) is 30.6 Å². The highest BCUT2D eigenvalue weighted by Gasteiger charge is 2.32. The molecule has 0 spiro atoms. The highest BCUT2D eigenvalue weighted by molar-refractivity contribution is 7.89. The van der Waals surface area contributed by atoms with Gasteiger partial charge in [0.05, 0.1) is 22.6 Å². The van der Waals surface area contributed by atoms with Gasteiger partial charge in [-0.1, -0.05) is 12.1 Å². The molecule has 174 valence electrons. The first-order valence-corrected chi connectivity index (χ1v) is 10.7. The van der Waals surface area contributed by atoms with Crippen LogP contribution in [0.1, 0.15) is 23.1 Å². The van der Waals surface area contributed by atoms with E-state index in [4.69, 9.17) is 4.84 Å². The van der Waals surface area contributed by atoms with E-state index in [-0.39, 0.29) is 31.0 Å². The van der Waals surface area contributed by atoms with Crippen LogP contribution in [0, 0.1) is 0 Å². The number of halogens is 6. The molecule has 1 aliphatic rings. The molecule has 1 N–H and O–H groups in total. The Kier molecular flexibility index (Phi) is 6.86. The Hall–Kier alpha value is -2.57. The molecule has 0 atom stereocenters. The van der Waals surface area contributed by atoms with E-state index in [1.807, 2.05) is 0 Å². The van der Waals surface area contributed by atoms with Gasteiger partial charge in [-0.15, -0.1) is 0 Å². The smallest absolute Gasteiger partial charge is 0.272 e. The van der Waals surface area contributed by atoms with Gasteiger partial charge in [0.1, 0.15) is 0 Å². The topological polar surface area (TPSA) is 58.6 Å². The summed E-state index contributed by atoms with van der Waals surface area (Å²) in [6.45, 7) is -0.136. The zero-order chi connectivity index (χ0) is 23.6. The third-order valence-corrected chi connectivity index (χ3v) is 6.57. The Morgan fingerprint density at radius 3 is 2.16 bits per heavy atom. The van der Waals surface area contributed by atoms with Crippen LogP contribution in [0.15, 0.2) is 65.2 Å². The lowest BCUT2D eigenvalue weighted by molar-refractivity contribution is -0.138. The molecule has 32 heavy (non-hydrogen) atoms. The van der Waals surface area contributed by atoms with Crippen LogP contribution in [0.2, 0.25) is 0 Å². The molecule has 1 heterocycles. The zero-order valence-corrected chi connectivity index (χ0v) is 17.2. The van der Waals surface area contributed by atoms with Crippen LogP contribution in [-0.2, 0) is 33.8 Å². The van der Waals surface area contributed by atoms with Crippen LogP contribution in [0.3, 0.4) is 0 Å². The van der Waals surface area contributed by atoms with Gasteiger partial charge in [-0.3, -0.25) is 10.3 Å². The minimum absolute atomic E-state index is 0.0430. The highest BCUT2D eigenvalue weighted by atomic mass is 32.2. The van der Waals surface area contributed by atoms with E-state index in [9.17, 15) is 34.8 Å². The van der Waals surface area contributed by atoms with Crippen molar-refractivity contribution in [2.45, 2.75) is 30.3 Å². The van der Waals surface area contributed by atoms with Gasteiger partial charge in [-0.25, -0.2) is 8.42 Å². The van der Waals surface area contributed by atoms with E-state index in [1.165, 1.54) is 18.2 Å². The van der Waals surface area contributed by atoms with Crippen LogP contribution in [0.25, 0.3) is 0 Å². The quantitative estimate of drug-likeness (QED) is 0.480. The summed E-state index contributed by atoms with van der Waals surface area (Å²) >= 11 is 0. The number of nitrogens with zero attached hydrogens (tertiary/aromatic N) is 1. The summed E-state index contributed by atoms with van der Waals surface area (Å²) in [5.74, 6) is 0. The van der Waals surface area contributed by atoms with Gasteiger partial charge in [0.15, 0.2) is 0 Å². The Morgan fingerprint density at radius 1 is 0.938 bits per heavy atom. The molecule has 0 amide bonds. The fourth-order valence-electron chi connectivity index (χ4n) is 2.98. The van der Waals surface area contributed by atoms with Crippen molar-refractivity contribution in [3.8, 4) is 0 Å². The average molecular weight is 480 g/mol. The van der Waals surface area contributed by atoms with Crippen LogP contribution in [-0.4, -0.2) is 25.8 Å².